The van der Waals surface area contributed by atoms with E-state index in [2.05, 4.69) is 33.6 Å². The Bertz CT molecular complexity index is 129. The topological polar surface area (TPSA) is 12.5 Å². The van der Waals surface area contributed by atoms with Crippen LogP contribution in [0, 0.1) is 0 Å². The maximum absolute atomic E-state index is 5.71. The van der Waals surface area contributed by atoms with Crippen molar-refractivity contribution in [2.24, 2.45) is 0 Å². The number of hydrogen-bond acceptors (Lipinski definition) is 2. The van der Waals surface area contributed by atoms with Crippen LogP contribution in [0.4, 0.5) is 0 Å². The Kier molecular flexibility index (Phi) is 2.96. The fourth-order valence-electron chi connectivity index (χ4n) is 1.41. The first-order valence-electron chi connectivity index (χ1n) is 4.48. The van der Waals surface area contributed by atoms with E-state index >= 15 is 0 Å². The summed E-state index contributed by atoms with van der Waals surface area (Å²) >= 11 is 0. The van der Waals surface area contributed by atoms with Crippen molar-refractivity contribution in [3.63, 3.8) is 0 Å². The second-order valence-corrected chi connectivity index (χ2v) is 3.74. The zero-order chi connectivity index (χ0) is 8.43. The van der Waals surface area contributed by atoms with E-state index in [0.717, 1.165) is 0 Å². The SMILES string of the molecule is BC1CCC(N(C)C(C)C)O1. The Labute approximate surface area is 70.3 Å². The van der Waals surface area contributed by atoms with Crippen molar-refractivity contribution in [1.82, 2.24) is 4.90 Å². The van der Waals surface area contributed by atoms with Crippen LogP contribution in [0.2, 0.25) is 0 Å². The van der Waals surface area contributed by atoms with Gasteiger partial charge in [0.25, 0.3) is 0 Å². The van der Waals surface area contributed by atoms with Crippen molar-refractivity contribution in [1.29, 1.82) is 0 Å². The van der Waals surface area contributed by atoms with E-state index in [-0.39, 0.29) is 0 Å². The highest BCUT2D eigenvalue weighted by atomic mass is 16.5. The molecule has 2 unspecified atom stereocenters. The van der Waals surface area contributed by atoms with Crippen LogP contribution in [-0.2, 0) is 4.74 Å². The normalized spacial score (nSPS) is 32.1. The van der Waals surface area contributed by atoms with Gasteiger partial charge in [-0.05, 0) is 33.7 Å². The van der Waals surface area contributed by atoms with Gasteiger partial charge >= 0.3 is 0 Å². The highest BCUT2D eigenvalue weighted by Gasteiger charge is 2.26. The van der Waals surface area contributed by atoms with E-state index in [4.69, 9.17) is 4.74 Å². The van der Waals surface area contributed by atoms with E-state index in [1.165, 1.54) is 12.8 Å². The average Bonchev–Trinajstić information content (AvgIpc) is 2.34. The van der Waals surface area contributed by atoms with Gasteiger partial charge in [-0.15, -0.1) is 0 Å². The molecule has 1 fully saturated rings. The van der Waals surface area contributed by atoms with Crippen molar-refractivity contribution in [3.05, 3.63) is 0 Å². The summed E-state index contributed by atoms with van der Waals surface area (Å²) in [5.41, 5.74) is 0. The van der Waals surface area contributed by atoms with Crippen LogP contribution in [-0.4, -0.2) is 38.1 Å². The van der Waals surface area contributed by atoms with Gasteiger partial charge in [0, 0.05) is 12.0 Å². The second-order valence-electron chi connectivity index (χ2n) is 3.74. The zero-order valence-electron chi connectivity index (χ0n) is 8.00. The van der Waals surface area contributed by atoms with Crippen molar-refractivity contribution in [3.8, 4) is 0 Å². The quantitative estimate of drug-likeness (QED) is 0.536. The van der Waals surface area contributed by atoms with Crippen LogP contribution < -0.4 is 0 Å². The molecule has 0 saturated carbocycles. The number of ether oxygens (including phenoxy) is 1. The second kappa shape index (κ2) is 3.59. The van der Waals surface area contributed by atoms with Gasteiger partial charge in [0.1, 0.15) is 14.1 Å². The van der Waals surface area contributed by atoms with E-state index < -0.39 is 0 Å². The molecule has 3 heteroatoms. The van der Waals surface area contributed by atoms with Crippen LogP contribution in [0.3, 0.4) is 0 Å². The molecule has 0 aromatic heterocycles. The summed E-state index contributed by atoms with van der Waals surface area (Å²) in [5.74, 6) is 0. The van der Waals surface area contributed by atoms with Gasteiger partial charge in [0.2, 0.25) is 0 Å². The molecule has 0 aromatic carbocycles. The van der Waals surface area contributed by atoms with Crippen LogP contribution in [0.15, 0.2) is 0 Å². The smallest absolute Gasteiger partial charge is 0.139 e. The lowest BCUT2D eigenvalue weighted by atomic mass is 9.98. The van der Waals surface area contributed by atoms with Crippen LogP contribution in [0.25, 0.3) is 0 Å². The molecule has 0 amide bonds. The lowest BCUT2D eigenvalue weighted by Gasteiger charge is -2.27. The van der Waals surface area contributed by atoms with Gasteiger partial charge in [0.15, 0.2) is 0 Å². The molecule has 64 valence electrons. The van der Waals surface area contributed by atoms with Crippen molar-refractivity contribution in [2.45, 2.75) is 45.0 Å². The third-order valence-corrected chi connectivity index (χ3v) is 2.48. The fourth-order valence-corrected chi connectivity index (χ4v) is 1.41. The summed E-state index contributed by atoms with van der Waals surface area (Å²) in [5, 5.41) is 0. The Morgan fingerprint density at radius 2 is 2.09 bits per heavy atom. The van der Waals surface area contributed by atoms with Crippen molar-refractivity contribution in [2.75, 3.05) is 7.05 Å². The molecule has 11 heavy (non-hydrogen) atoms. The van der Waals surface area contributed by atoms with Crippen LogP contribution in [0.5, 0.6) is 0 Å². The van der Waals surface area contributed by atoms with Gasteiger partial charge in [-0.1, -0.05) is 0 Å². The average molecular weight is 155 g/mol. The molecular weight excluding hydrogens is 137 g/mol. The standard InChI is InChI=1S/C8H18BNO/c1-6(2)10(3)8-5-4-7(9)11-8/h6-8H,4-5,9H2,1-3H3. The molecule has 2 atom stereocenters. The fraction of sp³-hybridized carbons (Fsp3) is 1.00. The molecule has 1 heterocycles. The highest BCUT2D eigenvalue weighted by Crippen LogP contribution is 2.20. The molecular formula is C8H18BNO. The summed E-state index contributed by atoms with van der Waals surface area (Å²) in [7, 11) is 4.28. The Hall–Kier alpha value is -0.0151. The molecule has 0 aromatic rings. The Balaban J connectivity index is 2.36. The zero-order valence-corrected chi connectivity index (χ0v) is 8.00. The molecule has 0 radical (unpaired) electrons. The molecule has 2 nitrogen and oxygen atoms in total. The molecule has 0 spiro atoms. The van der Waals surface area contributed by atoms with Gasteiger partial charge in [-0.2, -0.15) is 0 Å². The lowest BCUT2D eigenvalue weighted by Crippen LogP contribution is -2.37. The lowest BCUT2D eigenvalue weighted by molar-refractivity contribution is -0.0321. The van der Waals surface area contributed by atoms with E-state index in [1.54, 1.807) is 0 Å². The Morgan fingerprint density at radius 3 is 2.45 bits per heavy atom. The summed E-state index contributed by atoms with van der Waals surface area (Å²) in [6, 6.07) is 1.05. The number of rotatable bonds is 2. The van der Waals surface area contributed by atoms with Crippen LogP contribution >= 0.6 is 0 Å². The molecule has 0 N–H and O–H groups in total. The molecule has 1 aliphatic rings. The summed E-state index contributed by atoms with van der Waals surface area (Å²) in [4.78, 5) is 2.30. The molecule has 1 saturated heterocycles. The number of nitrogens with zero attached hydrogens (tertiary/aromatic N) is 1. The van der Waals surface area contributed by atoms with Gasteiger partial charge in [-0.25, -0.2) is 0 Å². The predicted octanol–water partition coefficient (Wildman–Crippen LogP) is 0.422. The van der Waals surface area contributed by atoms with Gasteiger partial charge < -0.3 is 4.74 Å². The van der Waals surface area contributed by atoms with Crippen LogP contribution in [0.1, 0.15) is 26.7 Å². The molecule has 0 aliphatic carbocycles. The predicted molar refractivity (Wildman–Crippen MR) is 49.3 cm³/mol. The van der Waals surface area contributed by atoms with Gasteiger partial charge in [0.05, 0.1) is 0 Å². The minimum Gasteiger partial charge on any atom is -0.369 e. The molecule has 0 bridgehead atoms. The monoisotopic (exact) mass is 155 g/mol. The highest BCUT2D eigenvalue weighted by molar-refractivity contribution is 6.11. The van der Waals surface area contributed by atoms with Crippen molar-refractivity contribution < 1.29 is 4.74 Å². The first-order valence-corrected chi connectivity index (χ1v) is 4.48. The minimum atomic E-state index is 0.366. The summed E-state index contributed by atoms with van der Waals surface area (Å²) in [6.45, 7) is 4.40. The Morgan fingerprint density at radius 1 is 1.45 bits per heavy atom. The van der Waals surface area contributed by atoms with E-state index in [1.807, 2.05) is 0 Å². The third-order valence-electron chi connectivity index (χ3n) is 2.48. The van der Waals surface area contributed by atoms with Gasteiger partial charge in [-0.3, -0.25) is 4.90 Å². The number of hydrogen-bond donors (Lipinski definition) is 0. The first-order chi connectivity index (χ1) is 5.11. The largest absolute Gasteiger partial charge is 0.369 e. The van der Waals surface area contributed by atoms with E-state index in [9.17, 15) is 0 Å². The summed E-state index contributed by atoms with van der Waals surface area (Å²) in [6.07, 6.45) is 2.77. The molecule has 1 aliphatic heterocycles. The van der Waals surface area contributed by atoms with Crippen molar-refractivity contribution >= 4 is 7.85 Å². The minimum absolute atomic E-state index is 0.366. The van der Waals surface area contributed by atoms with E-state index in [0.29, 0.717) is 18.3 Å². The summed E-state index contributed by atoms with van der Waals surface area (Å²) < 4.78 is 5.71. The maximum atomic E-state index is 5.71. The maximum Gasteiger partial charge on any atom is 0.139 e. The molecule has 1 rings (SSSR count). The third kappa shape index (κ3) is 2.21. The first kappa shape index (κ1) is 9.08.